The van der Waals surface area contributed by atoms with Gasteiger partial charge in [0.1, 0.15) is 0 Å². The van der Waals surface area contributed by atoms with Crippen LogP contribution in [0.1, 0.15) is 11.1 Å². The van der Waals surface area contributed by atoms with Crippen LogP contribution in [0.2, 0.25) is 0 Å². The van der Waals surface area contributed by atoms with Gasteiger partial charge in [0.15, 0.2) is 0 Å². The van der Waals surface area contributed by atoms with Crippen LogP contribution in [-0.4, -0.2) is 0 Å². The minimum Gasteiger partial charge on any atom is -0.699 e. The normalized spacial score (nSPS) is 9.09. The number of fused-ring (bicyclic) bond motifs is 3. The Kier molecular flexibility index (Phi) is 16.8. The minimum absolute atomic E-state index is 0. The first kappa shape index (κ1) is 30.6. The Hall–Kier alpha value is -2.38. The SMILES string of the molecule is Cl.Cl.[NH-]c1ccccc1.[Zr+4].[c-]1cccc2c1Cc1ccccc1-2.c1cc[cH-]c1.c1cc[cH-]c1. The minimum atomic E-state index is 0. The van der Waals surface area contributed by atoms with Crippen LogP contribution in [0.5, 0.6) is 0 Å². The van der Waals surface area contributed by atoms with Crippen LogP contribution in [0.3, 0.4) is 0 Å². The summed E-state index contributed by atoms with van der Waals surface area (Å²) in [7, 11) is 0. The van der Waals surface area contributed by atoms with Crippen molar-refractivity contribution in [1.29, 1.82) is 0 Å². The molecule has 5 aromatic rings. The van der Waals surface area contributed by atoms with Gasteiger partial charge in [-0.1, -0.05) is 65.7 Å². The van der Waals surface area contributed by atoms with Crippen molar-refractivity contribution in [2.75, 3.05) is 0 Å². The number of nitrogens with one attached hydrogen (secondary N) is 1. The summed E-state index contributed by atoms with van der Waals surface area (Å²) in [6.07, 6.45) is 1.05. The third kappa shape index (κ3) is 10.9. The maximum atomic E-state index is 7.00. The molecule has 4 heteroatoms. The fraction of sp³-hybridized carbons (Fsp3) is 0.0345. The smallest absolute Gasteiger partial charge is 0.699 e. The van der Waals surface area contributed by atoms with E-state index in [-0.39, 0.29) is 51.0 Å². The number of hydrogen-bond donors (Lipinski definition) is 0. The number of halogens is 2. The van der Waals surface area contributed by atoms with Gasteiger partial charge in [-0.3, -0.25) is 0 Å². The topological polar surface area (TPSA) is 23.8 Å². The molecule has 33 heavy (non-hydrogen) atoms. The number of rotatable bonds is 0. The van der Waals surface area contributed by atoms with Gasteiger partial charge in [-0.2, -0.15) is 66.2 Å². The number of benzene rings is 3. The first-order valence-electron chi connectivity index (χ1n) is 10.0. The van der Waals surface area contributed by atoms with Gasteiger partial charge in [0.25, 0.3) is 0 Å². The van der Waals surface area contributed by atoms with E-state index in [0.717, 1.165) is 6.42 Å². The molecule has 0 heterocycles. The van der Waals surface area contributed by atoms with E-state index in [0.29, 0.717) is 5.69 Å². The molecule has 0 unspecified atom stereocenters. The van der Waals surface area contributed by atoms with Gasteiger partial charge >= 0.3 is 26.2 Å². The molecule has 0 fully saturated rings. The third-order valence-corrected chi connectivity index (χ3v) is 4.50. The molecule has 1 aliphatic carbocycles. The fourth-order valence-electron chi connectivity index (χ4n) is 3.08. The van der Waals surface area contributed by atoms with Crippen molar-refractivity contribution >= 4 is 30.5 Å². The Balaban J connectivity index is 0.000000440. The van der Waals surface area contributed by atoms with Gasteiger partial charge in [0.05, 0.1) is 0 Å². The van der Waals surface area contributed by atoms with Gasteiger partial charge in [-0.25, -0.2) is 24.3 Å². The largest absolute Gasteiger partial charge is 4.00 e. The van der Waals surface area contributed by atoms with E-state index in [1.807, 2.05) is 84.9 Å². The van der Waals surface area contributed by atoms with Crippen molar-refractivity contribution in [3.63, 3.8) is 0 Å². The molecule has 0 spiro atoms. The van der Waals surface area contributed by atoms with E-state index in [1.54, 1.807) is 12.1 Å². The monoisotopic (exact) mass is 549 g/mol. The van der Waals surface area contributed by atoms with Gasteiger partial charge in [-0.15, -0.1) is 36.1 Å². The zero-order chi connectivity index (χ0) is 20.9. The molecular weight excluding hydrogens is 524 g/mol. The fourth-order valence-corrected chi connectivity index (χ4v) is 3.08. The molecule has 0 atom stereocenters. The van der Waals surface area contributed by atoms with Crippen LogP contribution in [0.25, 0.3) is 16.9 Å². The van der Waals surface area contributed by atoms with E-state index in [9.17, 15) is 0 Å². The maximum Gasteiger partial charge on any atom is 4.00 e. The zero-order valence-corrected chi connectivity index (χ0v) is 22.3. The summed E-state index contributed by atoms with van der Waals surface area (Å²) < 4.78 is 0. The summed E-state index contributed by atoms with van der Waals surface area (Å²) in [6, 6.07) is 47.2. The second-order valence-corrected chi connectivity index (χ2v) is 6.69. The van der Waals surface area contributed by atoms with Gasteiger partial charge in [0.2, 0.25) is 0 Å². The summed E-state index contributed by atoms with van der Waals surface area (Å²) in [4.78, 5) is 0. The molecule has 0 aromatic heterocycles. The molecule has 0 radical (unpaired) electrons. The first-order chi connectivity index (χ1) is 14.8. The van der Waals surface area contributed by atoms with Crippen molar-refractivity contribution in [2.24, 2.45) is 0 Å². The molecule has 6 rings (SSSR count). The van der Waals surface area contributed by atoms with Crippen LogP contribution in [-0.2, 0) is 32.6 Å². The second-order valence-electron chi connectivity index (χ2n) is 6.69. The van der Waals surface area contributed by atoms with Crippen LogP contribution in [0.4, 0.5) is 5.69 Å². The van der Waals surface area contributed by atoms with Crippen LogP contribution in [0.15, 0.2) is 133 Å². The average molecular weight is 552 g/mol. The summed E-state index contributed by atoms with van der Waals surface area (Å²) in [5.41, 5.74) is 13.1. The molecule has 0 aliphatic heterocycles. The van der Waals surface area contributed by atoms with Gasteiger partial charge in [-0.05, 0) is 6.42 Å². The van der Waals surface area contributed by atoms with Crippen molar-refractivity contribution < 1.29 is 26.2 Å². The van der Waals surface area contributed by atoms with Crippen LogP contribution in [0, 0.1) is 6.07 Å². The van der Waals surface area contributed by atoms with Crippen molar-refractivity contribution in [3.8, 4) is 11.1 Å². The average Bonchev–Trinajstić information content (AvgIpc) is 3.59. The summed E-state index contributed by atoms with van der Waals surface area (Å²) in [5.74, 6) is 0. The number of hydrogen-bond acceptors (Lipinski definition) is 0. The van der Waals surface area contributed by atoms with Crippen molar-refractivity contribution in [1.82, 2.24) is 0 Å². The summed E-state index contributed by atoms with van der Waals surface area (Å²) in [5, 5.41) is 0. The molecular formula is C29H27Cl2NZr. The Labute approximate surface area is 229 Å². The molecule has 166 valence electrons. The van der Waals surface area contributed by atoms with Crippen LogP contribution < -0.4 is 0 Å². The Morgan fingerprint density at radius 1 is 0.606 bits per heavy atom. The molecule has 0 saturated heterocycles. The molecule has 1 nitrogen and oxygen atoms in total. The predicted molar refractivity (Wildman–Crippen MR) is 143 cm³/mol. The van der Waals surface area contributed by atoms with E-state index >= 15 is 0 Å². The molecule has 0 bridgehead atoms. The molecule has 0 amide bonds. The third-order valence-electron chi connectivity index (χ3n) is 4.50. The first-order valence-corrected chi connectivity index (χ1v) is 10.0. The Morgan fingerprint density at radius 3 is 1.61 bits per heavy atom. The molecule has 0 saturated carbocycles. The zero-order valence-electron chi connectivity index (χ0n) is 18.2. The van der Waals surface area contributed by atoms with Crippen LogP contribution >= 0.6 is 24.8 Å². The van der Waals surface area contributed by atoms with E-state index in [4.69, 9.17) is 5.73 Å². The van der Waals surface area contributed by atoms with Crippen molar-refractivity contribution in [3.05, 3.63) is 156 Å². The maximum absolute atomic E-state index is 7.00. The van der Waals surface area contributed by atoms with E-state index in [2.05, 4.69) is 42.5 Å². The van der Waals surface area contributed by atoms with E-state index < -0.39 is 0 Å². The predicted octanol–water partition coefficient (Wildman–Crippen LogP) is 9.08. The van der Waals surface area contributed by atoms with Gasteiger partial charge in [0, 0.05) is 0 Å². The quantitative estimate of drug-likeness (QED) is 0.168. The summed E-state index contributed by atoms with van der Waals surface area (Å²) in [6.45, 7) is 0. The van der Waals surface area contributed by atoms with E-state index in [1.165, 1.54) is 22.3 Å². The van der Waals surface area contributed by atoms with Crippen molar-refractivity contribution in [2.45, 2.75) is 6.42 Å². The molecule has 1 N–H and O–H groups in total. The molecule has 1 aliphatic rings. The Bertz CT molecular complexity index is 972. The summed E-state index contributed by atoms with van der Waals surface area (Å²) >= 11 is 0. The standard InChI is InChI=1S/C13H9.C6H6N.2C5H5.2ClH.Zr/c1-3-7-12-10(5-1)9-11-6-2-4-8-13(11)12;7-6-4-2-1-3-5-6;2*1-2-4-5-3-1;;;/h1-5,7-8H,9H2;1-5,7H;2*1-5H;2*1H;/q4*-1;;;+4. The molecule has 5 aromatic carbocycles. The Morgan fingerprint density at radius 2 is 1.12 bits per heavy atom. The van der Waals surface area contributed by atoms with Gasteiger partial charge < -0.3 is 5.73 Å². The second kappa shape index (κ2) is 18.1.